The molecule has 0 N–H and O–H groups in total. The summed E-state index contributed by atoms with van der Waals surface area (Å²) in [6.07, 6.45) is 2.85. The van der Waals surface area contributed by atoms with E-state index in [2.05, 4.69) is 12.1 Å². The number of nitrogens with zero attached hydrogens (tertiary/aromatic N) is 1. The Hall–Kier alpha value is -2.62. The molecule has 4 heteroatoms. The van der Waals surface area contributed by atoms with Crippen molar-refractivity contribution in [2.75, 3.05) is 6.54 Å². The van der Waals surface area contributed by atoms with Gasteiger partial charge in [0.25, 0.3) is 0 Å². The Morgan fingerprint density at radius 3 is 2.42 bits per heavy atom. The third-order valence-corrected chi connectivity index (χ3v) is 4.75. The van der Waals surface area contributed by atoms with E-state index in [0.717, 1.165) is 29.5 Å². The Bertz CT molecular complexity index is 740. The van der Waals surface area contributed by atoms with Gasteiger partial charge in [-0.05, 0) is 36.0 Å². The largest absolute Gasteiger partial charge is 0.459 e. The van der Waals surface area contributed by atoms with Crippen LogP contribution in [0.15, 0.2) is 54.6 Å². The van der Waals surface area contributed by atoms with Gasteiger partial charge in [0.2, 0.25) is 5.91 Å². The van der Waals surface area contributed by atoms with E-state index in [9.17, 15) is 9.59 Å². The van der Waals surface area contributed by atoms with Crippen LogP contribution in [0.2, 0.25) is 0 Å². The van der Waals surface area contributed by atoms with Gasteiger partial charge in [0.05, 0.1) is 0 Å². The van der Waals surface area contributed by atoms with Crippen LogP contribution in [0, 0.1) is 0 Å². The first kappa shape index (κ1) is 18.2. The quantitative estimate of drug-likeness (QED) is 0.733. The number of rotatable bonds is 6. The lowest BCUT2D eigenvalue weighted by atomic mass is 10.0. The minimum absolute atomic E-state index is 0.0548. The van der Waals surface area contributed by atoms with E-state index in [1.165, 1.54) is 0 Å². The maximum atomic E-state index is 12.4. The van der Waals surface area contributed by atoms with Crippen LogP contribution in [0.1, 0.15) is 38.2 Å². The summed E-state index contributed by atoms with van der Waals surface area (Å²) in [6, 6.07) is 17.8. The molecule has 0 aliphatic carbocycles. The van der Waals surface area contributed by atoms with Gasteiger partial charge in [0, 0.05) is 13.0 Å². The number of likely N-dealkylation sites (tertiary alicyclic amines) is 1. The smallest absolute Gasteiger partial charge is 0.329 e. The summed E-state index contributed by atoms with van der Waals surface area (Å²) in [5, 5.41) is 0. The second-order valence-electron chi connectivity index (χ2n) is 6.67. The Balaban J connectivity index is 1.57. The lowest BCUT2D eigenvalue weighted by molar-refractivity contribution is -0.154. The van der Waals surface area contributed by atoms with Crippen molar-refractivity contribution in [3.8, 4) is 11.1 Å². The van der Waals surface area contributed by atoms with Gasteiger partial charge >= 0.3 is 5.97 Å². The Kier molecular flexibility index (Phi) is 6.05. The molecule has 0 radical (unpaired) electrons. The zero-order valence-electron chi connectivity index (χ0n) is 15.2. The first-order valence-corrected chi connectivity index (χ1v) is 9.29. The Morgan fingerprint density at radius 2 is 1.73 bits per heavy atom. The van der Waals surface area contributed by atoms with E-state index in [1.807, 2.05) is 49.4 Å². The minimum atomic E-state index is -0.419. The molecule has 136 valence electrons. The van der Waals surface area contributed by atoms with Crippen LogP contribution >= 0.6 is 0 Å². The van der Waals surface area contributed by atoms with E-state index < -0.39 is 6.04 Å². The lowest BCUT2D eigenvalue weighted by Gasteiger charge is -2.23. The molecule has 1 heterocycles. The maximum Gasteiger partial charge on any atom is 0.329 e. The van der Waals surface area contributed by atoms with Gasteiger partial charge in [-0.15, -0.1) is 0 Å². The molecule has 2 aromatic carbocycles. The SMILES string of the molecule is CCCC(=O)N1CCCC1C(=O)OCc1ccc(-c2ccccc2)cc1. The summed E-state index contributed by atoms with van der Waals surface area (Å²) in [5.74, 6) is -0.238. The number of ether oxygens (including phenoxy) is 1. The van der Waals surface area contributed by atoms with E-state index in [1.54, 1.807) is 4.90 Å². The molecule has 1 atom stereocenters. The van der Waals surface area contributed by atoms with Crippen molar-refractivity contribution in [1.82, 2.24) is 4.90 Å². The summed E-state index contributed by atoms with van der Waals surface area (Å²) < 4.78 is 5.48. The van der Waals surface area contributed by atoms with E-state index in [-0.39, 0.29) is 18.5 Å². The van der Waals surface area contributed by atoms with Crippen LogP contribution in [-0.4, -0.2) is 29.4 Å². The van der Waals surface area contributed by atoms with E-state index in [0.29, 0.717) is 19.4 Å². The molecule has 1 fully saturated rings. The molecule has 1 unspecified atom stereocenters. The Labute approximate surface area is 154 Å². The third kappa shape index (κ3) is 4.31. The molecule has 4 nitrogen and oxygen atoms in total. The second-order valence-corrected chi connectivity index (χ2v) is 6.67. The number of benzene rings is 2. The molecule has 1 amide bonds. The highest BCUT2D eigenvalue weighted by molar-refractivity contribution is 5.85. The van der Waals surface area contributed by atoms with E-state index in [4.69, 9.17) is 4.74 Å². The van der Waals surface area contributed by atoms with Crippen LogP contribution in [0.4, 0.5) is 0 Å². The summed E-state index contributed by atoms with van der Waals surface area (Å²) in [5.41, 5.74) is 3.24. The monoisotopic (exact) mass is 351 g/mol. The Morgan fingerprint density at radius 1 is 1.04 bits per heavy atom. The average molecular weight is 351 g/mol. The van der Waals surface area contributed by atoms with E-state index >= 15 is 0 Å². The average Bonchev–Trinajstić information content (AvgIpc) is 3.17. The topological polar surface area (TPSA) is 46.6 Å². The van der Waals surface area contributed by atoms with Crippen LogP contribution in [0.3, 0.4) is 0 Å². The van der Waals surface area contributed by atoms with Crippen molar-refractivity contribution < 1.29 is 14.3 Å². The molecular weight excluding hydrogens is 326 g/mol. The number of amides is 1. The maximum absolute atomic E-state index is 12.4. The fourth-order valence-corrected chi connectivity index (χ4v) is 3.34. The van der Waals surface area contributed by atoms with Crippen molar-refractivity contribution in [2.45, 2.75) is 45.3 Å². The highest BCUT2D eigenvalue weighted by atomic mass is 16.5. The molecular formula is C22H25NO3. The number of hydrogen-bond acceptors (Lipinski definition) is 3. The molecule has 1 aliphatic rings. The standard InChI is InChI=1S/C22H25NO3/c1-2-7-21(24)23-15-6-10-20(23)22(25)26-16-17-11-13-19(14-12-17)18-8-4-3-5-9-18/h3-5,8-9,11-14,20H,2,6-7,10,15-16H2,1H3. The fourth-order valence-electron chi connectivity index (χ4n) is 3.34. The van der Waals surface area contributed by atoms with Gasteiger partial charge in [-0.25, -0.2) is 4.79 Å². The second kappa shape index (κ2) is 8.65. The molecule has 1 aliphatic heterocycles. The molecule has 0 spiro atoms. The molecule has 0 aromatic heterocycles. The van der Waals surface area contributed by atoms with Crippen molar-refractivity contribution in [1.29, 1.82) is 0 Å². The zero-order chi connectivity index (χ0) is 18.4. The first-order valence-electron chi connectivity index (χ1n) is 9.29. The molecule has 3 rings (SSSR count). The van der Waals surface area contributed by atoms with Crippen molar-refractivity contribution >= 4 is 11.9 Å². The summed E-state index contributed by atoms with van der Waals surface area (Å²) in [7, 11) is 0. The van der Waals surface area contributed by atoms with Crippen LogP contribution < -0.4 is 0 Å². The summed E-state index contributed by atoms with van der Waals surface area (Å²) >= 11 is 0. The van der Waals surface area contributed by atoms with Crippen molar-refractivity contribution in [3.63, 3.8) is 0 Å². The van der Waals surface area contributed by atoms with Gasteiger partial charge in [-0.3, -0.25) is 4.79 Å². The van der Waals surface area contributed by atoms with Crippen molar-refractivity contribution in [2.24, 2.45) is 0 Å². The fraction of sp³-hybridized carbons (Fsp3) is 0.364. The number of esters is 1. The predicted molar refractivity (Wildman–Crippen MR) is 101 cm³/mol. The van der Waals surface area contributed by atoms with Gasteiger partial charge in [0.1, 0.15) is 12.6 Å². The normalized spacial score (nSPS) is 16.5. The molecule has 2 aromatic rings. The summed E-state index contributed by atoms with van der Waals surface area (Å²) in [6.45, 7) is 2.87. The lowest BCUT2D eigenvalue weighted by Crippen LogP contribution is -2.41. The molecule has 1 saturated heterocycles. The van der Waals surface area contributed by atoms with Gasteiger partial charge in [-0.2, -0.15) is 0 Å². The zero-order valence-corrected chi connectivity index (χ0v) is 15.2. The summed E-state index contributed by atoms with van der Waals surface area (Å²) in [4.78, 5) is 26.2. The van der Waals surface area contributed by atoms with Gasteiger partial charge < -0.3 is 9.64 Å². The molecule has 0 saturated carbocycles. The molecule has 26 heavy (non-hydrogen) atoms. The van der Waals surface area contributed by atoms with Gasteiger partial charge in [-0.1, -0.05) is 61.5 Å². The third-order valence-electron chi connectivity index (χ3n) is 4.75. The first-order chi connectivity index (χ1) is 12.7. The van der Waals surface area contributed by atoms with Crippen molar-refractivity contribution in [3.05, 3.63) is 60.2 Å². The number of carbonyl (C=O) groups is 2. The highest BCUT2D eigenvalue weighted by Crippen LogP contribution is 2.22. The highest BCUT2D eigenvalue weighted by Gasteiger charge is 2.34. The predicted octanol–water partition coefficient (Wildman–Crippen LogP) is 4.19. The number of carbonyl (C=O) groups excluding carboxylic acids is 2. The van der Waals surface area contributed by atoms with Crippen LogP contribution in [-0.2, 0) is 20.9 Å². The number of hydrogen-bond donors (Lipinski definition) is 0. The molecule has 0 bridgehead atoms. The van der Waals surface area contributed by atoms with Crippen LogP contribution in [0.5, 0.6) is 0 Å². The van der Waals surface area contributed by atoms with Crippen LogP contribution in [0.25, 0.3) is 11.1 Å². The minimum Gasteiger partial charge on any atom is -0.459 e. The van der Waals surface area contributed by atoms with Gasteiger partial charge in [0.15, 0.2) is 0 Å².